The van der Waals surface area contributed by atoms with Gasteiger partial charge < -0.3 is 73.5 Å². The largest absolute Gasteiger partial charge is 0.464 e. The van der Waals surface area contributed by atoms with E-state index in [9.17, 15) is 36.6 Å². The van der Waals surface area contributed by atoms with Gasteiger partial charge in [-0.1, -0.05) is 57.9 Å². The van der Waals surface area contributed by atoms with Gasteiger partial charge in [0.15, 0.2) is 11.3 Å². The quantitative estimate of drug-likeness (QED) is 0.0191. The third kappa shape index (κ3) is 28.5. The minimum Gasteiger partial charge on any atom is -0.464 e. The number of nitrogens with one attached hydrogen (secondary N) is 3. The molecule has 0 atom stereocenters. The van der Waals surface area contributed by atoms with Crippen molar-refractivity contribution in [2.24, 2.45) is 0 Å². The molecule has 2 aliphatic carbocycles. The van der Waals surface area contributed by atoms with Crippen LogP contribution in [0.2, 0.25) is 0 Å². The number of ether oxygens (including phenoxy) is 10. The first-order chi connectivity index (χ1) is 53.1. The Kier molecular flexibility index (Phi) is 39.0. The molecule has 2 aliphatic heterocycles. The fraction of sp³-hybridized carbons (Fsp3) is 0.680. The molecule has 2 saturated heterocycles. The fourth-order valence-corrected chi connectivity index (χ4v) is 15.5. The maximum Gasteiger partial charge on any atom is 0.332 e. The molecule has 0 spiro atoms. The van der Waals surface area contributed by atoms with Gasteiger partial charge in [-0.25, -0.2) is 45.8 Å². The molecule has 0 bridgehead atoms. The van der Waals surface area contributed by atoms with E-state index in [1.807, 2.05) is 33.6 Å². The molecule has 608 valence electrons. The normalized spacial score (nSPS) is 18.2. The summed E-state index contributed by atoms with van der Waals surface area (Å²) in [5, 5.41) is 41.5. The van der Waals surface area contributed by atoms with Crippen LogP contribution >= 0.6 is 0 Å². The summed E-state index contributed by atoms with van der Waals surface area (Å²) in [5.41, 5.74) is 4.57. The Hall–Kier alpha value is -6.58. The Labute approximate surface area is 642 Å². The number of anilines is 2. The zero-order chi connectivity index (χ0) is 77.5. The third-order valence-electron chi connectivity index (χ3n) is 18.7. The highest BCUT2D eigenvalue weighted by atomic mass is 32.2. The van der Waals surface area contributed by atoms with Gasteiger partial charge >= 0.3 is 11.9 Å². The SMILES string of the molecule is CCCCNc1ncc2c(-c3ccc(S(=O)(=O)N4CCN(CCOCCOCCOCCOCC(=O)OCC)CC4)cc3)nn(C3CCC(O)CC3)c2n1.CCCCNc1ncc2c(-c3ccc(S(=O)(=O)N4CCNCC4)cc3)nn(C3CCC(O)CC3)c2n1.CCCOCCOCCOCCOCC(=O)OCC. The number of aromatic nitrogens is 8. The molecule has 2 aromatic carbocycles. The van der Waals surface area contributed by atoms with Crippen LogP contribution in [-0.2, 0) is 77.0 Å². The monoisotopic (exact) mass is 1570 g/mol. The van der Waals surface area contributed by atoms with Crippen LogP contribution in [0.5, 0.6) is 0 Å². The van der Waals surface area contributed by atoms with Gasteiger partial charge in [0.05, 0.1) is 144 Å². The number of carbonyl (C=O) groups excluding carboxylic acids is 2. The van der Waals surface area contributed by atoms with Crippen LogP contribution in [0.1, 0.15) is 130 Å². The van der Waals surface area contributed by atoms with E-state index in [2.05, 4.69) is 51.6 Å². The van der Waals surface area contributed by atoms with E-state index in [-0.39, 0.29) is 59.2 Å². The van der Waals surface area contributed by atoms with Crippen molar-refractivity contribution in [2.75, 3.05) is 202 Å². The van der Waals surface area contributed by atoms with Gasteiger partial charge in [-0.05, 0) is 109 Å². The predicted octanol–water partition coefficient (Wildman–Crippen LogP) is 6.92. The summed E-state index contributed by atoms with van der Waals surface area (Å²) >= 11 is 0. The van der Waals surface area contributed by atoms with Crippen molar-refractivity contribution in [1.29, 1.82) is 0 Å². The summed E-state index contributed by atoms with van der Waals surface area (Å²) in [6, 6.07) is 14.2. The second kappa shape index (κ2) is 48.4. The number of nitrogens with zero attached hydrogens (tertiary/aromatic N) is 11. The molecule has 0 amide bonds. The van der Waals surface area contributed by atoms with Gasteiger partial charge in [-0.15, -0.1) is 0 Å². The number of rotatable bonds is 45. The molecular weight excluding hydrogens is 1450 g/mol. The molecule has 4 fully saturated rings. The van der Waals surface area contributed by atoms with Gasteiger partial charge in [0.2, 0.25) is 31.9 Å². The number of hydrogen-bond acceptors (Lipinski definition) is 28. The lowest BCUT2D eigenvalue weighted by Gasteiger charge is -2.33. The number of piperazine rings is 2. The van der Waals surface area contributed by atoms with E-state index in [0.717, 1.165) is 142 Å². The van der Waals surface area contributed by atoms with Crippen molar-refractivity contribution in [3.8, 4) is 22.5 Å². The minimum absolute atomic E-state index is 0.0253. The first-order valence-electron chi connectivity index (χ1n) is 39.0. The lowest BCUT2D eigenvalue weighted by atomic mass is 9.93. The minimum atomic E-state index is -3.67. The number of esters is 2. The van der Waals surface area contributed by atoms with E-state index >= 15 is 0 Å². The fourth-order valence-electron chi connectivity index (χ4n) is 12.6. The second-order valence-electron chi connectivity index (χ2n) is 26.8. The topological polar surface area (TPSA) is 368 Å². The number of aliphatic hydroxyl groups is 2. The molecule has 2 saturated carbocycles. The van der Waals surface area contributed by atoms with E-state index in [0.29, 0.717) is 176 Å². The van der Waals surface area contributed by atoms with Crippen molar-refractivity contribution in [3.63, 3.8) is 0 Å². The van der Waals surface area contributed by atoms with Gasteiger partial charge in [0.1, 0.15) is 24.6 Å². The lowest BCUT2D eigenvalue weighted by molar-refractivity contribution is -0.149. The molecule has 34 heteroatoms. The van der Waals surface area contributed by atoms with Crippen molar-refractivity contribution in [1.82, 2.24) is 58.3 Å². The Morgan fingerprint density at radius 2 is 0.835 bits per heavy atom. The number of carbonyl (C=O) groups is 2. The number of fused-ring (bicyclic) bond motifs is 2. The molecule has 10 rings (SSSR count). The Balaban J connectivity index is 0.000000232. The van der Waals surface area contributed by atoms with Crippen LogP contribution in [-0.4, -0.2) is 295 Å². The smallest absolute Gasteiger partial charge is 0.332 e. The van der Waals surface area contributed by atoms with Crippen LogP contribution in [0, 0.1) is 0 Å². The van der Waals surface area contributed by atoms with Crippen LogP contribution in [0.4, 0.5) is 11.9 Å². The molecule has 4 aromatic heterocycles. The van der Waals surface area contributed by atoms with Crippen LogP contribution < -0.4 is 16.0 Å². The average molecular weight is 1570 g/mol. The van der Waals surface area contributed by atoms with E-state index in [1.54, 1.807) is 54.8 Å². The molecule has 6 heterocycles. The zero-order valence-corrected chi connectivity index (χ0v) is 66.1. The molecule has 4 aliphatic rings. The number of unbranched alkanes of at least 4 members (excludes halogenated alkanes) is 2. The lowest BCUT2D eigenvalue weighted by Crippen LogP contribution is -2.49. The average Bonchev–Trinajstić information content (AvgIpc) is 1.64. The van der Waals surface area contributed by atoms with Crippen molar-refractivity contribution in [3.05, 3.63) is 60.9 Å². The van der Waals surface area contributed by atoms with Gasteiger partial charge in [-0.2, -0.15) is 28.8 Å². The maximum absolute atomic E-state index is 13.6. The number of aliphatic hydroxyl groups excluding tert-OH is 2. The summed E-state index contributed by atoms with van der Waals surface area (Å²) in [6.07, 6.45) is 14.5. The number of hydrogen-bond donors (Lipinski definition) is 5. The molecule has 5 N–H and O–H groups in total. The highest BCUT2D eigenvalue weighted by molar-refractivity contribution is 7.89. The number of benzene rings is 2. The van der Waals surface area contributed by atoms with E-state index in [4.69, 9.17) is 67.5 Å². The van der Waals surface area contributed by atoms with Crippen molar-refractivity contribution >= 4 is 65.9 Å². The van der Waals surface area contributed by atoms with Crippen molar-refractivity contribution < 1.29 is 84.0 Å². The van der Waals surface area contributed by atoms with Crippen LogP contribution in [0.25, 0.3) is 44.6 Å². The second-order valence-corrected chi connectivity index (χ2v) is 30.6. The molecule has 0 unspecified atom stereocenters. The van der Waals surface area contributed by atoms with Crippen LogP contribution in [0.15, 0.2) is 70.7 Å². The first kappa shape index (κ1) is 88.0. The summed E-state index contributed by atoms with van der Waals surface area (Å²) in [7, 11) is -7.20. The van der Waals surface area contributed by atoms with Gasteiger partial charge in [-0.3, -0.25) is 4.90 Å². The Bertz CT molecular complexity index is 3810. The Morgan fingerprint density at radius 3 is 1.21 bits per heavy atom. The standard InChI is InChI=1S/C37H57N7O9S.C25H35N7O3S.C13H26O6/c1-3-5-14-38-37-39-27-33-35(41-44(36(33)40-37)30-8-10-31(45)11-9-30)29-6-12-32(13-7-29)54(47,48)43-17-15-42(16-18-43)19-20-49-21-22-50-23-24-51-25-26-52-28-34(46)53-4-2;1-2-3-12-27-25-28-17-22-23(30-32(24(22)29-25)19-6-8-20(33)9-7-19)18-4-10-21(11-5-18)36(34,35)31-15-13-26-14-16-31;1-3-5-15-6-7-16-8-9-17-10-11-18-12-13(14)19-4-2/h6-7,12-13,27,30-31,45H,3-5,8-11,14-26,28H2,1-2H3,(H,38,39,40);4-5,10-11,17,19-20,26,33H,2-3,6-9,12-16H2,1H3,(H,27,28,29);3-12H2,1-2H3. The zero-order valence-electron chi connectivity index (χ0n) is 64.4. The highest BCUT2D eigenvalue weighted by Gasteiger charge is 2.32. The van der Waals surface area contributed by atoms with E-state index < -0.39 is 20.0 Å². The predicted molar refractivity (Wildman–Crippen MR) is 412 cm³/mol. The number of sulfonamides is 2. The van der Waals surface area contributed by atoms with Crippen molar-refractivity contribution in [2.45, 2.75) is 152 Å². The summed E-state index contributed by atoms with van der Waals surface area (Å²) in [6.45, 7) is 23.9. The molecule has 32 nitrogen and oxygen atoms in total. The third-order valence-corrected chi connectivity index (χ3v) is 22.5. The molecule has 6 aromatic rings. The maximum atomic E-state index is 13.6. The molecule has 0 radical (unpaired) electrons. The first-order valence-corrected chi connectivity index (χ1v) is 41.9. The molecule has 109 heavy (non-hydrogen) atoms. The summed E-state index contributed by atoms with van der Waals surface area (Å²) < 4.78 is 113. The van der Waals surface area contributed by atoms with Gasteiger partial charge in [0, 0.05) is 102 Å². The summed E-state index contributed by atoms with van der Waals surface area (Å²) in [5.74, 6) is 0.407. The highest BCUT2D eigenvalue weighted by Crippen LogP contribution is 2.37. The van der Waals surface area contributed by atoms with Gasteiger partial charge in [0.25, 0.3) is 0 Å². The molecular formula is C75H118N14O18S2. The van der Waals surface area contributed by atoms with E-state index in [1.165, 1.54) is 4.31 Å². The Morgan fingerprint density at radius 1 is 0.468 bits per heavy atom. The van der Waals surface area contributed by atoms with Crippen LogP contribution in [0.3, 0.4) is 0 Å². The summed E-state index contributed by atoms with van der Waals surface area (Å²) in [4.78, 5) is 43.6.